The summed E-state index contributed by atoms with van der Waals surface area (Å²) in [7, 11) is 1.61. The van der Waals surface area contributed by atoms with Gasteiger partial charge in [0.2, 0.25) is 0 Å². The molecule has 0 spiro atoms. The second kappa shape index (κ2) is 11.3. The molecule has 0 radical (unpaired) electrons. The van der Waals surface area contributed by atoms with E-state index in [-0.39, 0.29) is 5.91 Å². The average molecular weight is 497 g/mol. The number of fused-ring (bicyclic) bond motifs is 2. The molecule has 0 fully saturated rings. The van der Waals surface area contributed by atoms with Crippen molar-refractivity contribution in [2.45, 2.75) is 23.6 Å². The fourth-order valence-corrected chi connectivity index (χ4v) is 4.35. The van der Waals surface area contributed by atoms with Gasteiger partial charge in [-0.1, -0.05) is 71.9 Å². The molecule has 0 bridgehead atoms. The predicted octanol–water partition coefficient (Wildman–Crippen LogP) is 6.49. The van der Waals surface area contributed by atoms with Crippen molar-refractivity contribution in [1.82, 2.24) is 5.32 Å². The van der Waals surface area contributed by atoms with E-state index in [2.05, 4.69) is 45.5 Å². The molecular formula is C25H25BrN2O2S. The number of benzene rings is 3. The van der Waals surface area contributed by atoms with E-state index >= 15 is 0 Å². The first kappa shape index (κ1) is 23.3. The molecule has 0 unspecified atom stereocenters. The molecule has 160 valence electrons. The van der Waals surface area contributed by atoms with Crippen molar-refractivity contribution in [1.29, 1.82) is 0 Å². The maximum Gasteiger partial charge on any atom is 0.251 e. The predicted molar refractivity (Wildman–Crippen MR) is 132 cm³/mol. The Kier molecular flexibility index (Phi) is 8.46. The van der Waals surface area contributed by atoms with Gasteiger partial charge in [0.05, 0.1) is 18.0 Å². The fourth-order valence-electron chi connectivity index (χ4n) is 3.08. The maximum absolute atomic E-state index is 12.5. The lowest BCUT2D eigenvalue weighted by molar-refractivity contribution is 0.0937. The van der Waals surface area contributed by atoms with Crippen LogP contribution in [0.15, 0.2) is 86.0 Å². The number of amides is 1. The molecule has 1 heterocycles. The van der Waals surface area contributed by atoms with Crippen LogP contribution in [0.4, 0.5) is 5.69 Å². The molecule has 1 aliphatic heterocycles. The van der Waals surface area contributed by atoms with Crippen molar-refractivity contribution in [3.63, 3.8) is 0 Å². The summed E-state index contributed by atoms with van der Waals surface area (Å²) in [6.07, 6.45) is 0. The molecule has 6 heteroatoms. The van der Waals surface area contributed by atoms with Crippen LogP contribution in [0, 0.1) is 0 Å². The monoisotopic (exact) mass is 496 g/mol. The van der Waals surface area contributed by atoms with Crippen LogP contribution < -0.4 is 5.32 Å². The molecule has 1 N–H and O–H groups in total. The molecule has 0 atom stereocenters. The molecule has 0 aliphatic carbocycles. The molecule has 0 saturated carbocycles. The Balaban J connectivity index is 0.00000132. The van der Waals surface area contributed by atoms with Gasteiger partial charge < -0.3 is 10.1 Å². The number of carbonyl (C=O) groups excluding carboxylic acids is 1. The number of aliphatic imine (C=N–C) groups is 1. The third-order valence-corrected chi connectivity index (χ3v) is 6.19. The van der Waals surface area contributed by atoms with E-state index < -0.39 is 0 Å². The zero-order valence-electron chi connectivity index (χ0n) is 17.8. The molecule has 0 saturated heterocycles. The van der Waals surface area contributed by atoms with E-state index in [9.17, 15) is 4.79 Å². The van der Waals surface area contributed by atoms with Gasteiger partial charge in [0.15, 0.2) is 0 Å². The first-order valence-corrected chi connectivity index (χ1v) is 11.8. The Labute approximate surface area is 196 Å². The number of ether oxygens (including phenoxy) is 1. The van der Waals surface area contributed by atoms with Crippen molar-refractivity contribution in [3.8, 4) is 0 Å². The Bertz CT molecular complexity index is 1080. The highest BCUT2D eigenvalue weighted by molar-refractivity contribution is 9.10. The lowest BCUT2D eigenvalue weighted by Gasteiger charge is -2.09. The van der Waals surface area contributed by atoms with Crippen molar-refractivity contribution in [2.75, 3.05) is 20.3 Å². The lowest BCUT2D eigenvalue weighted by atomic mass is 10.0. The Morgan fingerprint density at radius 2 is 1.77 bits per heavy atom. The van der Waals surface area contributed by atoms with E-state index in [1.54, 1.807) is 18.9 Å². The number of rotatable bonds is 5. The van der Waals surface area contributed by atoms with Gasteiger partial charge in [-0.3, -0.25) is 4.79 Å². The number of hydrogen-bond acceptors (Lipinski definition) is 4. The van der Waals surface area contributed by atoms with Crippen LogP contribution in [0.1, 0.15) is 35.3 Å². The summed E-state index contributed by atoms with van der Waals surface area (Å²) in [6.45, 7) is 4.95. The third kappa shape index (κ3) is 5.64. The molecule has 3 aromatic carbocycles. The van der Waals surface area contributed by atoms with Crippen LogP contribution in [-0.4, -0.2) is 31.9 Å². The van der Waals surface area contributed by atoms with Crippen LogP contribution in [0.5, 0.6) is 0 Å². The highest BCUT2D eigenvalue weighted by atomic mass is 79.9. The standard InChI is InChI=1S/C23H19BrN2O2S.C2H6/c1-28-13-12-25-23(27)16-8-11-21-19(14-16)26-22(15-6-9-17(24)10-7-15)18-4-2-3-5-20(18)29-21;1-2/h2-11,14H,12-13H2,1H3,(H,25,27);1-2H3. The first-order valence-electron chi connectivity index (χ1n) is 10.2. The molecule has 4 nitrogen and oxygen atoms in total. The van der Waals surface area contributed by atoms with Gasteiger partial charge in [-0.05, 0) is 36.4 Å². The number of halogens is 1. The van der Waals surface area contributed by atoms with E-state index in [1.807, 2.05) is 56.3 Å². The normalized spacial score (nSPS) is 11.8. The van der Waals surface area contributed by atoms with Crippen LogP contribution in [0.2, 0.25) is 0 Å². The molecule has 3 aromatic rings. The first-order chi connectivity index (χ1) is 15.2. The topological polar surface area (TPSA) is 50.7 Å². The van der Waals surface area contributed by atoms with E-state index in [4.69, 9.17) is 9.73 Å². The molecule has 1 aliphatic rings. The second-order valence-corrected chi connectivity index (χ2v) is 8.50. The Hall–Kier alpha value is -2.41. The smallest absolute Gasteiger partial charge is 0.251 e. The van der Waals surface area contributed by atoms with Crippen LogP contribution in [0.3, 0.4) is 0 Å². The lowest BCUT2D eigenvalue weighted by Crippen LogP contribution is -2.26. The summed E-state index contributed by atoms with van der Waals surface area (Å²) >= 11 is 5.17. The van der Waals surface area contributed by atoms with Crippen molar-refractivity contribution in [3.05, 3.63) is 87.9 Å². The Morgan fingerprint density at radius 1 is 1.03 bits per heavy atom. The third-order valence-electron chi connectivity index (χ3n) is 4.52. The molecule has 1 amide bonds. The van der Waals surface area contributed by atoms with Crippen molar-refractivity contribution >= 4 is 45.0 Å². The summed E-state index contributed by atoms with van der Waals surface area (Å²) in [5, 5.41) is 2.86. The quantitative estimate of drug-likeness (QED) is 0.321. The van der Waals surface area contributed by atoms with Gasteiger partial charge in [-0.25, -0.2) is 4.99 Å². The fraction of sp³-hybridized carbons (Fsp3) is 0.200. The number of nitrogens with zero attached hydrogens (tertiary/aromatic N) is 1. The van der Waals surface area contributed by atoms with Crippen LogP contribution in [-0.2, 0) is 4.74 Å². The summed E-state index contributed by atoms with van der Waals surface area (Å²) in [5.74, 6) is -0.128. The number of nitrogens with one attached hydrogen (secondary N) is 1. The minimum absolute atomic E-state index is 0.128. The Morgan fingerprint density at radius 3 is 2.52 bits per heavy atom. The zero-order chi connectivity index (χ0) is 22.2. The number of carbonyl (C=O) groups is 1. The summed E-state index contributed by atoms with van der Waals surface area (Å²) in [6, 6.07) is 22.1. The summed E-state index contributed by atoms with van der Waals surface area (Å²) in [5.41, 5.74) is 4.40. The molecule has 4 rings (SSSR count). The largest absolute Gasteiger partial charge is 0.383 e. The van der Waals surface area contributed by atoms with E-state index in [0.29, 0.717) is 18.7 Å². The van der Waals surface area contributed by atoms with E-state index in [1.165, 1.54) is 0 Å². The zero-order valence-corrected chi connectivity index (χ0v) is 20.2. The highest BCUT2D eigenvalue weighted by Gasteiger charge is 2.19. The van der Waals surface area contributed by atoms with Crippen LogP contribution in [0.25, 0.3) is 0 Å². The van der Waals surface area contributed by atoms with Gasteiger partial charge in [0.25, 0.3) is 5.91 Å². The minimum atomic E-state index is -0.128. The van der Waals surface area contributed by atoms with E-state index in [0.717, 1.165) is 36.8 Å². The van der Waals surface area contributed by atoms with Gasteiger partial charge in [-0.15, -0.1) is 0 Å². The highest BCUT2D eigenvalue weighted by Crippen LogP contribution is 2.41. The number of hydrogen-bond donors (Lipinski definition) is 1. The van der Waals surface area contributed by atoms with Crippen LogP contribution >= 0.6 is 27.7 Å². The number of methoxy groups -OCH3 is 1. The SMILES string of the molecule is CC.COCCNC(=O)c1ccc2c(c1)N=C(c1ccc(Br)cc1)c1ccccc1S2. The van der Waals surface area contributed by atoms with Gasteiger partial charge in [0, 0.05) is 44.6 Å². The molecule has 0 aromatic heterocycles. The maximum atomic E-state index is 12.5. The second-order valence-electron chi connectivity index (χ2n) is 6.50. The van der Waals surface area contributed by atoms with Crippen molar-refractivity contribution in [2.24, 2.45) is 4.99 Å². The summed E-state index contributed by atoms with van der Waals surface area (Å²) in [4.78, 5) is 19.6. The van der Waals surface area contributed by atoms with Gasteiger partial charge in [0.1, 0.15) is 0 Å². The molecule has 31 heavy (non-hydrogen) atoms. The van der Waals surface area contributed by atoms with Gasteiger partial charge >= 0.3 is 0 Å². The summed E-state index contributed by atoms with van der Waals surface area (Å²) < 4.78 is 6.02. The minimum Gasteiger partial charge on any atom is -0.383 e. The van der Waals surface area contributed by atoms with Gasteiger partial charge in [-0.2, -0.15) is 0 Å². The average Bonchev–Trinajstić information content (AvgIpc) is 2.97. The van der Waals surface area contributed by atoms with Crippen molar-refractivity contribution < 1.29 is 9.53 Å². The molecular weight excluding hydrogens is 472 g/mol.